The maximum absolute atomic E-state index is 2.21. The van der Waals surface area contributed by atoms with Crippen molar-refractivity contribution in [1.29, 1.82) is 0 Å². The first kappa shape index (κ1) is 15.4. The van der Waals surface area contributed by atoms with E-state index in [1.54, 1.807) is 0 Å². The molecule has 0 heterocycles. The summed E-state index contributed by atoms with van der Waals surface area (Å²) in [5, 5.41) is 2.58. The van der Waals surface area contributed by atoms with Crippen LogP contribution in [0, 0.1) is 0 Å². The van der Waals surface area contributed by atoms with E-state index in [1.165, 1.54) is 33.0 Å². The van der Waals surface area contributed by atoms with Gasteiger partial charge >= 0.3 is 0 Å². The molecule has 0 atom stereocenters. The van der Waals surface area contributed by atoms with Gasteiger partial charge in [0.25, 0.3) is 0 Å². The van der Waals surface area contributed by atoms with Gasteiger partial charge in [0, 0.05) is 0 Å². The number of hydrogen-bond acceptors (Lipinski definition) is 0. The maximum atomic E-state index is 2.21. The summed E-state index contributed by atoms with van der Waals surface area (Å²) < 4.78 is 0. The minimum absolute atomic E-state index is 0. The highest BCUT2D eigenvalue weighted by atomic mass is 32.1. The van der Waals surface area contributed by atoms with Gasteiger partial charge in [0.2, 0.25) is 0 Å². The van der Waals surface area contributed by atoms with Gasteiger partial charge in [-0.15, -0.1) is 0 Å². The second-order valence-electron chi connectivity index (χ2n) is 5.44. The summed E-state index contributed by atoms with van der Waals surface area (Å²) in [6.07, 6.45) is 0. The zero-order valence-electron chi connectivity index (χ0n) is 12.7. The summed E-state index contributed by atoms with van der Waals surface area (Å²) in [6, 6.07) is 34.3. The molecule has 0 bridgehead atoms. The third-order valence-corrected chi connectivity index (χ3v) is 4.09. The molecule has 0 aliphatic carbocycles. The molecule has 4 aromatic rings. The lowest BCUT2D eigenvalue weighted by atomic mass is 9.91. The predicted octanol–water partition coefficient (Wildman–Crippen LogP) is 6.29. The van der Waals surface area contributed by atoms with E-state index in [9.17, 15) is 0 Å². The lowest BCUT2D eigenvalue weighted by Gasteiger charge is -2.12. The summed E-state index contributed by atoms with van der Waals surface area (Å²) in [4.78, 5) is 0. The molecule has 1 heteroatoms. The Morgan fingerprint density at radius 2 is 0.957 bits per heavy atom. The van der Waals surface area contributed by atoms with Crippen molar-refractivity contribution < 1.29 is 0 Å². The van der Waals surface area contributed by atoms with E-state index >= 15 is 0 Å². The number of benzene rings is 4. The molecule has 0 radical (unpaired) electrons. The van der Waals surface area contributed by atoms with Gasteiger partial charge in [-0.05, 0) is 33.0 Å². The maximum Gasteiger partial charge on any atom is -0.00992 e. The van der Waals surface area contributed by atoms with Gasteiger partial charge in [-0.25, -0.2) is 0 Å². The van der Waals surface area contributed by atoms with Crippen LogP contribution in [0.25, 0.3) is 33.0 Å². The Morgan fingerprint density at radius 3 is 1.78 bits per heavy atom. The molecule has 0 aromatic heterocycles. The number of hydrogen-bond donors (Lipinski definition) is 0. The second-order valence-corrected chi connectivity index (χ2v) is 5.44. The van der Waals surface area contributed by atoms with Crippen LogP contribution in [-0.4, -0.2) is 0 Å². The van der Waals surface area contributed by atoms with E-state index in [-0.39, 0.29) is 13.5 Å². The molecule has 23 heavy (non-hydrogen) atoms. The fourth-order valence-electron chi connectivity index (χ4n) is 3.05. The monoisotopic (exact) mass is 314 g/mol. The fraction of sp³-hybridized carbons (Fsp3) is 0. The highest BCUT2D eigenvalue weighted by Gasteiger charge is 2.09. The molecule has 0 N–H and O–H groups in total. The van der Waals surface area contributed by atoms with E-state index in [2.05, 4.69) is 97.1 Å². The van der Waals surface area contributed by atoms with Gasteiger partial charge in [0.05, 0.1) is 0 Å². The van der Waals surface area contributed by atoms with Crippen molar-refractivity contribution in [2.45, 2.75) is 0 Å². The second kappa shape index (κ2) is 6.72. The zero-order chi connectivity index (χ0) is 14.8. The Balaban J connectivity index is 0.00000156. The van der Waals surface area contributed by atoms with Crippen molar-refractivity contribution in [2.24, 2.45) is 0 Å². The summed E-state index contributed by atoms with van der Waals surface area (Å²) in [5.41, 5.74) is 5.11. The minimum atomic E-state index is 0. The molecule has 0 amide bonds. The Hall–Kier alpha value is -2.51. The van der Waals surface area contributed by atoms with Gasteiger partial charge in [-0.2, -0.15) is 13.5 Å². The first-order valence-corrected chi connectivity index (χ1v) is 7.56. The van der Waals surface area contributed by atoms with E-state index in [4.69, 9.17) is 0 Å². The molecule has 0 fully saturated rings. The fourth-order valence-corrected chi connectivity index (χ4v) is 3.05. The predicted molar refractivity (Wildman–Crippen MR) is 105 cm³/mol. The Labute approximate surface area is 143 Å². The van der Waals surface area contributed by atoms with Gasteiger partial charge in [0.1, 0.15) is 0 Å². The Morgan fingerprint density at radius 1 is 0.391 bits per heavy atom. The number of fused-ring (bicyclic) bond motifs is 1. The largest absolute Gasteiger partial charge is 0.197 e. The molecule has 0 unspecified atom stereocenters. The molecular weight excluding hydrogens is 296 g/mol. The molecule has 0 nitrogen and oxygen atoms in total. The van der Waals surface area contributed by atoms with Crippen LogP contribution >= 0.6 is 13.5 Å². The molecular formula is C22H18S. The van der Waals surface area contributed by atoms with Crippen LogP contribution in [0.2, 0.25) is 0 Å². The standard InChI is InChI=1S/C22H16.H2S/c1-2-9-17(10-3-1)19-14-6-7-15-21(19)22-16-8-12-18-11-4-5-13-20(18)22;/h1-16H;1H2. The van der Waals surface area contributed by atoms with E-state index in [1.807, 2.05) is 0 Å². The van der Waals surface area contributed by atoms with Crippen molar-refractivity contribution in [3.63, 3.8) is 0 Å². The van der Waals surface area contributed by atoms with Crippen LogP contribution in [0.1, 0.15) is 0 Å². The summed E-state index contributed by atoms with van der Waals surface area (Å²) in [7, 11) is 0. The molecule has 0 saturated heterocycles. The van der Waals surface area contributed by atoms with E-state index in [0.29, 0.717) is 0 Å². The highest BCUT2D eigenvalue weighted by molar-refractivity contribution is 7.59. The number of rotatable bonds is 2. The van der Waals surface area contributed by atoms with Crippen molar-refractivity contribution in [1.82, 2.24) is 0 Å². The van der Waals surface area contributed by atoms with Gasteiger partial charge in [-0.3, -0.25) is 0 Å². The average molecular weight is 314 g/mol. The molecule has 0 aliphatic heterocycles. The van der Waals surface area contributed by atoms with Gasteiger partial charge in [-0.1, -0.05) is 97.1 Å². The smallest absolute Gasteiger partial charge is 0.00992 e. The first-order valence-electron chi connectivity index (χ1n) is 7.56. The van der Waals surface area contributed by atoms with Crippen molar-refractivity contribution >= 4 is 24.3 Å². The summed E-state index contributed by atoms with van der Waals surface area (Å²) in [5.74, 6) is 0. The normalized spacial score (nSPS) is 10.3. The summed E-state index contributed by atoms with van der Waals surface area (Å²) >= 11 is 0. The summed E-state index contributed by atoms with van der Waals surface area (Å²) in [6.45, 7) is 0. The molecule has 0 saturated carbocycles. The van der Waals surface area contributed by atoms with Crippen LogP contribution < -0.4 is 0 Å². The Bertz CT molecular complexity index is 921. The molecule has 4 rings (SSSR count). The molecule has 0 aliphatic rings. The highest BCUT2D eigenvalue weighted by Crippen LogP contribution is 2.35. The average Bonchev–Trinajstić information content (AvgIpc) is 2.62. The minimum Gasteiger partial charge on any atom is -0.197 e. The van der Waals surface area contributed by atoms with Crippen molar-refractivity contribution in [3.05, 3.63) is 97.1 Å². The van der Waals surface area contributed by atoms with Gasteiger partial charge < -0.3 is 0 Å². The lowest BCUT2D eigenvalue weighted by Crippen LogP contribution is -1.86. The molecule has 0 spiro atoms. The van der Waals surface area contributed by atoms with Crippen LogP contribution in [0.4, 0.5) is 0 Å². The van der Waals surface area contributed by atoms with Gasteiger partial charge in [0.15, 0.2) is 0 Å². The lowest BCUT2D eigenvalue weighted by molar-refractivity contribution is 1.60. The quantitative estimate of drug-likeness (QED) is 0.408. The van der Waals surface area contributed by atoms with Crippen LogP contribution in [0.5, 0.6) is 0 Å². The van der Waals surface area contributed by atoms with E-state index in [0.717, 1.165) is 0 Å². The third kappa shape index (κ3) is 2.88. The SMILES string of the molecule is S.c1ccc(-c2ccccc2-c2cccc3ccccc23)cc1. The zero-order valence-corrected chi connectivity index (χ0v) is 13.7. The molecule has 112 valence electrons. The van der Waals surface area contributed by atoms with Crippen LogP contribution in [0.15, 0.2) is 97.1 Å². The Kier molecular flexibility index (Phi) is 4.50. The molecule has 4 aromatic carbocycles. The van der Waals surface area contributed by atoms with Crippen molar-refractivity contribution in [3.8, 4) is 22.3 Å². The third-order valence-electron chi connectivity index (χ3n) is 4.09. The topological polar surface area (TPSA) is 0 Å². The van der Waals surface area contributed by atoms with Crippen molar-refractivity contribution in [2.75, 3.05) is 0 Å². The van der Waals surface area contributed by atoms with Crippen LogP contribution in [0.3, 0.4) is 0 Å². The first-order chi connectivity index (χ1) is 10.9. The van der Waals surface area contributed by atoms with E-state index < -0.39 is 0 Å². The van der Waals surface area contributed by atoms with Crippen LogP contribution in [-0.2, 0) is 0 Å².